The normalized spacial score (nSPS) is 15.9. The first-order valence-electron chi connectivity index (χ1n) is 10.8. The van der Waals surface area contributed by atoms with E-state index < -0.39 is 4.92 Å². The van der Waals surface area contributed by atoms with E-state index in [1.807, 2.05) is 42.5 Å². The number of amidine groups is 1. The standard InChI is InChI=1S/C27H19N3O4S/c1-2-16-29-26(31)25(35-27(29)28-22-12-7-9-18-8-3-4-10-20(18)22)17-19-14-15-24(34-19)21-11-5-6-13-23(21)30(32)33/h2-15,17H,1,16H2/b25-17-,28-27?. The van der Waals surface area contributed by atoms with Crippen LogP contribution in [0.2, 0.25) is 0 Å². The Morgan fingerprint density at radius 1 is 1.03 bits per heavy atom. The zero-order chi connectivity index (χ0) is 24.4. The Labute approximate surface area is 205 Å². The lowest BCUT2D eigenvalue weighted by Crippen LogP contribution is -2.29. The Morgan fingerprint density at radius 3 is 2.63 bits per heavy atom. The van der Waals surface area contributed by atoms with Crippen LogP contribution in [-0.2, 0) is 4.79 Å². The minimum atomic E-state index is -0.449. The number of para-hydroxylation sites is 1. The Bertz CT molecular complexity index is 1530. The smallest absolute Gasteiger partial charge is 0.280 e. The van der Waals surface area contributed by atoms with Gasteiger partial charge in [-0.05, 0) is 41.4 Å². The fraction of sp³-hybridized carbons (Fsp3) is 0.0370. The number of amides is 1. The van der Waals surface area contributed by atoms with Crippen LogP contribution in [0.25, 0.3) is 28.2 Å². The van der Waals surface area contributed by atoms with Crippen molar-refractivity contribution in [2.24, 2.45) is 4.99 Å². The highest BCUT2D eigenvalue weighted by molar-refractivity contribution is 8.18. The topological polar surface area (TPSA) is 89.0 Å². The number of hydrogen-bond donors (Lipinski definition) is 0. The molecule has 1 saturated heterocycles. The predicted octanol–water partition coefficient (Wildman–Crippen LogP) is 6.80. The SMILES string of the molecule is C=CCN1C(=O)/C(=C/c2ccc(-c3ccccc3[N+](=O)[O-])o2)SC1=Nc1cccc2ccccc12. The predicted molar refractivity (Wildman–Crippen MR) is 139 cm³/mol. The van der Waals surface area contributed by atoms with Gasteiger partial charge < -0.3 is 4.42 Å². The van der Waals surface area contributed by atoms with Crippen LogP contribution >= 0.6 is 11.8 Å². The van der Waals surface area contributed by atoms with Crippen molar-refractivity contribution >= 4 is 51.1 Å². The van der Waals surface area contributed by atoms with Gasteiger partial charge in [0, 0.05) is 24.1 Å². The first-order valence-corrected chi connectivity index (χ1v) is 11.6. The molecule has 1 fully saturated rings. The number of fused-ring (bicyclic) bond motifs is 1. The minimum Gasteiger partial charge on any atom is -0.456 e. The molecule has 0 N–H and O–H groups in total. The van der Waals surface area contributed by atoms with E-state index in [9.17, 15) is 14.9 Å². The molecule has 0 atom stereocenters. The minimum absolute atomic E-state index is 0.0472. The highest BCUT2D eigenvalue weighted by atomic mass is 32.2. The lowest BCUT2D eigenvalue weighted by molar-refractivity contribution is -0.384. The molecule has 1 aliphatic rings. The van der Waals surface area contributed by atoms with Crippen molar-refractivity contribution in [1.29, 1.82) is 0 Å². The molecule has 0 aliphatic carbocycles. The molecule has 0 unspecified atom stereocenters. The number of furan rings is 1. The van der Waals surface area contributed by atoms with E-state index in [0.29, 0.717) is 33.7 Å². The highest BCUT2D eigenvalue weighted by Gasteiger charge is 2.33. The fourth-order valence-corrected chi connectivity index (χ4v) is 4.82. The first-order chi connectivity index (χ1) is 17.0. The van der Waals surface area contributed by atoms with Crippen molar-refractivity contribution in [3.63, 3.8) is 0 Å². The van der Waals surface area contributed by atoms with Crippen LogP contribution in [0.5, 0.6) is 0 Å². The molecule has 0 saturated carbocycles. The lowest BCUT2D eigenvalue weighted by Gasteiger charge is -2.13. The summed E-state index contributed by atoms with van der Waals surface area (Å²) in [5.74, 6) is 0.559. The first kappa shape index (κ1) is 22.4. The van der Waals surface area contributed by atoms with Gasteiger partial charge in [0.2, 0.25) is 0 Å². The van der Waals surface area contributed by atoms with Crippen molar-refractivity contribution in [3.05, 3.63) is 112 Å². The van der Waals surface area contributed by atoms with Gasteiger partial charge in [-0.1, -0.05) is 54.6 Å². The van der Waals surface area contributed by atoms with Gasteiger partial charge in [0.05, 0.1) is 21.1 Å². The molecular weight excluding hydrogens is 462 g/mol. The number of nitro groups is 1. The molecular formula is C27H19N3O4S. The second-order valence-electron chi connectivity index (χ2n) is 7.68. The van der Waals surface area contributed by atoms with Gasteiger partial charge in [-0.15, -0.1) is 6.58 Å². The summed E-state index contributed by atoms with van der Waals surface area (Å²) < 4.78 is 5.85. The van der Waals surface area contributed by atoms with E-state index in [4.69, 9.17) is 9.41 Å². The number of nitrogens with zero attached hydrogens (tertiary/aromatic N) is 3. The van der Waals surface area contributed by atoms with Crippen LogP contribution in [0.1, 0.15) is 5.76 Å². The van der Waals surface area contributed by atoms with Gasteiger partial charge in [0.1, 0.15) is 11.5 Å². The molecule has 2 heterocycles. The maximum absolute atomic E-state index is 13.2. The molecule has 35 heavy (non-hydrogen) atoms. The number of carbonyl (C=O) groups excluding carboxylic acids is 1. The van der Waals surface area contributed by atoms with Gasteiger partial charge in [-0.2, -0.15) is 0 Å². The van der Waals surface area contributed by atoms with E-state index >= 15 is 0 Å². The quantitative estimate of drug-likeness (QED) is 0.131. The summed E-state index contributed by atoms with van der Waals surface area (Å²) >= 11 is 1.25. The van der Waals surface area contributed by atoms with Gasteiger partial charge in [-0.25, -0.2) is 4.99 Å². The largest absolute Gasteiger partial charge is 0.456 e. The van der Waals surface area contributed by atoms with Gasteiger partial charge in [0.15, 0.2) is 5.17 Å². The van der Waals surface area contributed by atoms with Gasteiger partial charge >= 0.3 is 0 Å². The molecule has 1 amide bonds. The summed E-state index contributed by atoms with van der Waals surface area (Å²) in [6.07, 6.45) is 3.28. The molecule has 8 heteroatoms. The van der Waals surface area contributed by atoms with Crippen molar-refractivity contribution in [2.75, 3.05) is 6.54 Å². The molecule has 0 radical (unpaired) electrons. The number of rotatable bonds is 6. The van der Waals surface area contributed by atoms with Crippen molar-refractivity contribution < 1.29 is 14.1 Å². The lowest BCUT2D eigenvalue weighted by atomic mass is 10.1. The van der Waals surface area contributed by atoms with E-state index in [0.717, 1.165) is 16.5 Å². The third kappa shape index (κ3) is 4.39. The van der Waals surface area contributed by atoms with Crippen LogP contribution in [0.15, 0.2) is 106 Å². The van der Waals surface area contributed by atoms with E-state index in [-0.39, 0.29) is 11.6 Å². The third-order valence-corrected chi connectivity index (χ3v) is 6.46. The average Bonchev–Trinajstić information content (AvgIpc) is 3.45. The Kier molecular flexibility index (Phi) is 6.03. The maximum Gasteiger partial charge on any atom is 0.280 e. The molecule has 3 aromatic carbocycles. The van der Waals surface area contributed by atoms with Gasteiger partial charge in [0.25, 0.3) is 11.6 Å². The highest BCUT2D eigenvalue weighted by Crippen LogP contribution is 2.37. The average molecular weight is 482 g/mol. The van der Waals surface area contributed by atoms with Crippen LogP contribution in [-0.4, -0.2) is 27.4 Å². The second kappa shape index (κ2) is 9.44. The second-order valence-corrected chi connectivity index (χ2v) is 8.69. The third-order valence-electron chi connectivity index (χ3n) is 5.45. The zero-order valence-electron chi connectivity index (χ0n) is 18.5. The Hall–Kier alpha value is -4.43. The summed E-state index contributed by atoms with van der Waals surface area (Å²) in [5, 5.41) is 14.0. The summed E-state index contributed by atoms with van der Waals surface area (Å²) in [4.78, 5) is 30.9. The molecule has 172 valence electrons. The summed E-state index contributed by atoms with van der Waals surface area (Å²) in [6.45, 7) is 4.08. The van der Waals surface area contributed by atoms with Crippen molar-refractivity contribution in [1.82, 2.24) is 4.90 Å². The molecule has 7 nitrogen and oxygen atoms in total. The van der Waals surface area contributed by atoms with Crippen molar-refractivity contribution in [3.8, 4) is 11.3 Å². The monoisotopic (exact) mass is 481 g/mol. The van der Waals surface area contributed by atoms with Crippen LogP contribution in [0, 0.1) is 10.1 Å². The fourth-order valence-electron chi connectivity index (χ4n) is 3.84. The summed E-state index contributed by atoms with van der Waals surface area (Å²) in [6, 6.07) is 23.5. The number of carbonyl (C=O) groups is 1. The Morgan fingerprint density at radius 2 is 1.80 bits per heavy atom. The van der Waals surface area contributed by atoms with E-state index in [1.54, 1.807) is 47.4 Å². The molecule has 1 aromatic heterocycles. The summed E-state index contributed by atoms with van der Waals surface area (Å²) in [5.41, 5.74) is 1.10. The van der Waals surface area contributed by atoms with Crippen LogP contribution < -0.4 is 0 Å². The summed E-state index contributed by atoms with van der Waals surface area (Å²) in [7, 11) is 0. The van der Waals surface area contributed by atoms with Crippen LogP contribution in [0.4, 0.5) is 11.4 Å². The molecule has 5 rings (SSSR count). The Balaban J connectivity index is 1.50. The van der Waals surface area contributed by atoms with E-state index in [2.05, 4.69) is 6.58 Å². The number of benzene rings is 3. The molecule has 4 aromatic rings. The number of nitro benzene ring substituents is 1. The van der Waals surface area contributed by atoms with E-state index in [1.165, 1.54) is 17.8 Å². The zero-order valence-corrected chi connectivity index (χ0v) is 19.3. The van der Waals surface area contributed by atoms with Gasteiger partial charge in [-0.3, -0.25) is 19.8 Å². The number of hydrogen-bond acceptors (Lipinski definition) is 6. The van der Waals surface area contributed by atoms with Crippen LogP contribution in [0.3, 0.4) is 0 Å². The molecule has 1 aliphatic heterocycles. The molecule has 0 spiro atoms. The number of thioether (sulfide) groups is 1. The number of aliphatic imine (C=N–C) groups is 1. The maximum atomic E-state index is 13.2. The molecule has 0 bridgehead atoms. The van der Waals surface area contributed by atoms with Crippen molar-refractivity contribution in [2.45, 2.75) is 0 Å².